The lowest BCUT2D eigenvalue weighted by molar-refractivity contribution is -0.145. The van der Waals surface area contributed by atoms with Crippen molar-refractivity contribution in [1.82, 2.24) is 9.88 Å². The Morgan fingerprint density at radius 3 is 2.52 bits per heavy atom. The summed E-state index contributed by atoms with van der Waals surface area (Å²) in [4.78, 5) is 31.5. The molecule has 0 aliphatic carbocycles. The van der Waals surface area contributed by atoms with Gasteiger partial charge < -0.3 is 14.2 Å². The molecule has 1 fully saturated rings. The summed E-state index contributed by atoms with van der Waals surface area (Å²) in [7, 11) is 1.31. The molecular formula is C25H33ClN2O5. The van der Waals surface area contributed by atoms with Gasteiger partial charge in [-0.25, -0.2) is 14.6 Å². The van der Waals surface area contributed by atoms with Crippen molar-refractivity contribution in [3.63, 3.8) is 0 Å². The lowest BCUT2D eigenvalue weighted by atomic mass is 9.87. The number of amides is 1. The molecule has 2 aliphatic rings. The number of rotatable bonds is 1. The van der Waals surface area contributed by atoms with Crippen LogP contribution in [-0.2, 0) is 14.3 Å². The number of esters is 1. The van der Waals surface area contributed by atoms with Crippen LogP contribution in [0.1, 0.15) is 64.1 Å². The number of pyridine rings is 1. The van der Waals surface area contributed by atoms with E-state index >= 15 is 0 Å². The van der Waals surface area contributed by atoms with E-state index in [1.54, 1.807) is 20.8 Å². The first-order chi connectivity index (χ1) is 15.5. The van der Waals surface area contributed by atoms with E-state index in [2.05, 4.69) is 4.98 Å². The quantitative estimate of drug-likeness (QED) is 0.396. The van der Waals surface area contributed by atoms with E-state index in [4.69, 9.17) is 25.8 Å². The molecule has 180 valence electrons. The molecule has 1 spiro atoms. The molecule has 1 amide bonds. The van der Waals surface area contributed by atoms with Gasteiger partial charge in [0.25, 0.3) is 0 Å². The number of likely N-dealkylation sites (tertiary alicyclic amines) is 1. The van der Waals surface area contributed by atoms with Crippen LogP contribution in [0.3, 0.4) is 0 Å². The number of aromatic nitrogens is 1. The Kier molecular flexibility index (Phi) is 7.13. The number of aryl methyl sites for hydroxylation is 1. The van der Waals surface area contributed by atoms with Crippen LogP contribution in [0.5, 0.6) is 5.75 Å². The second kappa shape index (κ2) is 9.37. The fourth-order valence-electron chi connectivity index (χ4n) is 4.50. The fraction of sp³-hybridized carbons (Fsp3) is 0.560. The van der Waals surface area contributed by atoms with Gasteiger partial charge in [-0.2, -0.15) is 0 Å². The predicted octanol–water partition coefficient (Wildman–Crippen LogP) is 5.55. The minimum absolute atomic E-state index is 0.177. The van der Waals surface area contributed by atoms with E-state index in [-0.39, 0.29) is 18.3 Å². The molecular weight excluding hydrogens is 444 g/mol. The van der Waals surface area contributed by atoms with Gasteiger partial charge in [0.1, 0.15) is 23.0 Å². The van der Waals surface area contributed by atoms with Crippen LogP contribution in [0.25, 0.3) is 10.9 Å². The normalized spacial score (nSPS) is 23.9. The molecule has 2 unspecified atom stereocenters. The summed E-state index contributed by atoms with van der Waals surface area (Å²) in [6.07, 6.45) is 0.143. The zero-order valence-corrected chi connectivity index (χ0v) is 21.2. The minimum Gasteiger partial charge on any atom is -0.483 e. The molecule has 2 aromatic rings. The van der Waals surface area contributed by atoms with Gasteiger partial charge in [-0.15, -0.1) is 11.6 Å². The van der Waals surface area contributed by atoms with Crippen molar-refractivity contribution in [3.8, 4) is 5.75 Å². The van der Waals surface area contributed by atoms with E-state index in [1.165, 1.54) is 12.0 Å². The first kappa shape index (κ1) is 25.1. The molecule has 1 saturated heterocycles. The van der Waals surface area contributed by atoms with Gasteiger partial charge in [-0.05, 0) is 33.8 Å². The molecule has 7 nitrogen and oxygen atoms in total. The highest BCUT2D eigenvalue weighted by atomic mass is 35.5. The average Bonchev–Trinajstić information content (AvgIpc) is 3.12. The fourth-order valence-corrected chi connectivity index (χ4v) is 5.00. The zero-order chi connectivity index (χ0) is 24.6. The van der Waals surface area contributed by atoms with Gasteiger partial charge in [-0.1, -0.05) is 32.0 Å². The number of hydrogen-bond acceptors (Lipinski definition) is 6. The number of carbonyl (C=O) groups is 2. The van der Waals surface area contributed by atoms with Crippen LogP contribution in [0.15, 0.2) is 24.3 Å². The summed E-state index contributed by atoms with van der Waals surface area (Å²) < 4.78 is 17.0. The van der Waals surface area contributed by atoms with Crippen molar-refractivity contribution >= 4 is 34.6 Å². The molecule has 33 heavy (non-hydrogen) atoms. The Morgan fingerprint density at radius 2 is 1.88 bits per heavy atom. The molecule has 1 aromatic heterocycles. The summed E-state index contributed by atoms with van der Waals surface area (Å²) in [5, 5.41) is 0.594. The van der Waals surface area contributed by atoms with Gasteiger partial charge in [0.2, 0.25) is 0 Å². The third kappa shape index (κ3) is 4.88. The lowest BCUT2D eigenvalue weighted by Gasteiger charge is -2.38. The summed E-state index contributed by atoms with van der Waals surface area (Å²) in [6, 6.07) is 7.01. The first-order valence-electron chi connectivity index (χ1n) is 11.3. The lowest BCUT2D eigenvalue weighted by Crippen LogP contribution is -2.46. The zero-order valence-electron chi connectivity index (χ0n) is 20.4. The second-order valence-corrected chi connectivity index (χ2v) is 9.79. The van der Waals surface area contributed by atoms with Gasteiger partial charge in [-0.3, -0.25) is 4.90 Å². The van der Waals surface area contributed by atoms with E-state index in [1.807, 2.05) is 45.0 Å². The number of ether oxygens (including phenoxy) is 3. The van der Waals surface area contributed by atoms with Crippen LogP contribution in [0, 0.1) is 6.92 Å². The summed E-state index contributed by atoms with van der Waals surface area (Å²) in [5.74, 6) is 0.121. The van der Waals surface area contributed by atoms with Crippen LogP contribution in [-0.4, -0.2) is 52.8 Å². The number of hydrogen-bond donors (Lipinski definition) is 0. The Balaban J connectivity index is 0.00000149. The summed E-state index contributed by atoms with van der Waals surface area (Å²) in [5.41, 5.74) is 0.967. The topological polar surface area (TPSA) is 78.0 Å². The van der Waals surface area contributed by atoms with Crippen molar-refractivity contribution in [2.45, 2.75) is 77.0 Å². The highest BCUT2D eigenvalue weighted by Crippen LogP contribution is 2.51. The molecule has 3 atom stereocenters. The van der Waals surface area contributed by atoms with Crippen LogP contribution in [0.2, 0.25) is 0 Å². The Hall–Kier alpha value is -2.54. The third-order valence-electron chi connectivity index (χ3n) is 5.74. The Morgan fingerprint density at radius 1 is 1.21 bits per heavy atom. The number of fused-ring (bicyclic) bond motifs is 3. The SMILES string of the molecule is CC.COC(=O)[C@@H]1CC2(CC(Cl)c3c(c(C)nc4ccccc34)O2)CN1C(=O)OC(C)(C)C. The van der Waals surface area contributed by atoms with Crippen molar-refractivity contribution in [3.05, 3.63) is 35.5 Å². The van der Waals surface area contributed by atoms with Gasteiger partial charge >= 0.3 is 12.1 Å². The van der Waals surface area contributed by atoms with E-state index in [0.717, 1.165) is 22.2 Å². The largest absolute Gasteiger partial charge is 0.483 e. The molecule has 0 saturated carbocycles. The van der Waals surface area contributed by atoms with Crippen LogP contribution in [0.4, 0.5) is 4.79 Å². The van der Waals surface area contributed by atoms with Crippen molar-refractivity contribution < 1.29 is 23.8 Å². The highest BCUT2D eigenvalue weighted by Gasteiger charge is 2.55. The van der Waals surface area contributed by atoms with Gasteiger partial charge in [0.15, 0.2) is 0 Å². The van der Waals surface area contributed by atoms with Gasteiger partial charge in [0, 0.05) is 23.8 Å². The maximum absolute atomic E-state index is 12.9. The Labute approximate surface area is 200 Å². The molecule has 0 radical (unpaired) electrons. The number of nitrogens with zero attached hydrogens (tertiary/aromatic N) is 2. The average molecular weight is 477 g/mol. The smallest absolute Gasteiger partial charge is 0.411 e. The number of para-hydroxylation sites is 1. The minimum atomic E-state index is -0.829. The van der Waals surface area contributed by atoms with Crippen molar-refractivity contribution in [1.29, 1.82) is 0 Å². The molecule has 8 heteroatoms. The maximum Gasteiger partial charge on any atom is 0.411 e. The van der Waals surface area contributed by atoms with Crippen LogP contribution >= 0.6 is 11.6 Å². The van der Waals surface area contributed by atoms with Crippen molar-refractivity contribution in [2.75, 3.05) is 13.7 Å². The van der Waals surface area contributed by atoms with E-state index in [0.29, 0.717) is 12.2 Å². The van der Waals surface area contributed by atoms with Crippen molar-refractivity contribution in [2.24, 2.45) is 0 Å². The third-order valence-corrected chi connectivity index (χ3v) is 6.11. The van der Waals surface area contributed by atoms with Crippen LogP contribution < -0.4 is 4.74 Å². The van der Waals surface area contributed by atoms with Gasteiger partial charge in [0.05, 0.1) is 30.2 Å². The molecule has 0 N–H and O–H groups in total. The molecule has 0 bridgehead atoms. The highest BCUT2D eigenvalue weighted by molar-refractivity contribution is 6.22. The predicted molar refractivity (Wildman–Crippen MR) is 128 cm³/mol. The first-order valence-corrected chi connectivity index (χ1v) is 11.8. The molecule has 1 aromatic carbocycles. The number of alkyl halides is 1. The number of halogens is 1. The number of benzene rings is 1. The maximum atomic E-state index is 12.9. The Bertz CT molecular complexity index is 1050. The number of methoxy groups -OCH3 is 1. The molecule has 3 heterocycles. The standard InChI is InChI=1S/C23H27ClN2O5.C2H6/c1-13-19-18(14-8-6-7-9-16(14)25-13)15(24)10-23(30-19)11-17(20(27)29-5)26(12-23)21(28)31-22(2,3)4;1-2/h6-9,15,17H,10-12H2,1-5H3;1-2H3/t15?,17-,23?;/m0./s1. The molecule has 4 rings (SSSR count). The second-order valence-electron chi connectivity index (χ2n) is 9.27. The van der Waals surface area contributed by atoms with E-state index < -0.39 is 29.3 Å². The number of carbonyl (C=O) groups excluding carboxylic acids is 2. The molecule has 2 aliphatic heterocycles. The summed E-state index contributed by atoms with van der Waals surface area (Å²) >= 11 is 6.90. The van der Waals surface area contributed by atoms with E-state index in [9.17, 15) is 9.59 Å². The monoisotopic (exact) mass is 476 g/mol. The summed E-state index contributed by atoms with van der Waals surface area (Å²) in [6.45, 7) is 11.4.